The Balaban J connectivity index is 1.73. The lowest BCUT2D eigenvalue weighted by Crippen LogP contribution is -2.08. The van der Waals surface area contributed by atoms with E-state index in [-0.39, 0.29) is 52.2 Å². The van der Waals surface area contributed by atoms with Gasteiger partial charge in [-0.15, -0.1) is 0 Å². The van der Waals surface area contributed by atoms with E-state index < -0.39 is 11.8 Å². The number of halogens is 2. The first kappa shape index (κ1) is 21.0. The van der Waals surface area contributed by atoms with E-state index in [0.717, 1.165) is 17.7 Å². The number of aromatic carboxylic acids is 1. The molecular formula is C22H17F2N5O3. The van der Waals surface area contributed by atoms with Crippen molar-refractivity contribution >= 4 is 23.1 Å². The Labute approximate surface area is 181 Å². The minimum absolute atomic E-state index is 0.0767. The summed E-state index contributed by atoms with van der Waals surface area (Å²) in [5.74, 6) is -1.78. The maximum absolute atomic E-state index is 13.8. The largest absolute Gasteiger partial charge is 0.478 e. The SMILES string of the molecule is CCOc1nc(NCc2ccc(F)cc2)nc2ncc(-c3cc(F)ccc3C(=O)O)nc12. The molecule has 4 rings (SSSR count). The zero-order chi connectivity index (χ0) is 22.7. The second kappa shape index (κ2) is 8.88. The van der Waals surface area contributed by atoms with Crippen LogP contribution in [0.1, 0.15) is 22.8 Å². The van der Waals surface area contributed by atoms with Crippen molar-refractivity contribution in [2.24, 2.45) is 0 Å². The van der Waals surface area contributed by atoms with E-state index in [1.165, 1.54) is 24.4 Å². The van der Waals surface area contributed by atoms with Crippen molar-refractivity contribution in [3.05, 3.63) is 71.4 Å². The predicted molar refractivity (Wildman–Crippen MR) is 112 cm³/mol. The third-order valence-corrected chi connectivity index (χ3v) is 4.51. The second-order valence-electron chi connectivity index (χ2n) is 6.69. The van der Waals surface area contributed by atoms with Gasteiger partial charge in [0, 0.05) is 12.1 Å². The number of aromatic nitrogens is 4. The molecule has 2 N–H and O–H groups in total. The number of anilines is 1. The van der Waals surface area contributed by atoms with Gasteiger partial charge in [0.25, 0.3) is 0 Å². The number of carbonyl (C=O) groups is 1. The molecular weight excluding hydrogens is 420 g/mol. The summed E-state index contributed by atoms with van der Waals surface area (Å²) in [6.07, 6.45) is 1.32. The minimum atomic E-state index is -1.22. The number of carboxylic acid groups (broad SMARTS) is 1. The van der Waals surface area contributed by atoms with Crippen molar-refractivity contribution in [2.75, 3.05) is 11.9 Å². The molecule has 10 heteroatoms. The normalized spacial score (nSPS) is 10.8. The first-order valence-corrected chi connectivity index (χ1v) is 9.63. The fourth-order valence-electron chi connectivity index (χ4n) is 3.03. The minimum Gasteiger partial charge on any atom is -0.478 e. The van der Waals surface area contributed by atoms with Crippen LogP contribution in [-0.2, 0) is 6.54 Å². The zero-order valence-corrected chi connectivity index (χ0v) is 16.8. The number of hydrogen-bond acceptors (Lipinski definition) is 7. The van der Waals surface area contributed by atoms with E-state index in [1.807, 2.05) is 0 Å². The van der Waals surface area contributed by atoms with Crippen molar-refractivity contribution < 1.29 is 23.4 Å². The van der Waals surface area contributed by atoms with Crippen LogP contribution < -0.4 is 10.1 Å². The number of rotatable bonds is 7. The lowest BCUT2D eigenvalue weighted by atomic mass is 10.0. The Morgan fingerprint density at radius 1 is 1.06 bits per heavy atom. The first-order chi connectivity index (χ1) is 15.4. The molecule has 0 spiro atoms. The van der Waals surface area contributed by atoms with Gasteiger partial charge in [-0.2, -0.15) is 9.97 Å². The third-order valence-electron chi connectivity index (χ3n) is 4.51. The van der Waals surface area contributed by atoms with E-state index in [1.54, 1.807) is 19.1 Å². The summed E-state index contributed by atoms with van der Waals surface area (Å²) in [5.41, 5.74) is 1.34. The molecule has 0 aliphatic rings. The molecule has 0 unspecified atom stereocenters. The van der Waals surface area contributed by atoms with Crippen LogP contribution in [-0.4, -0.2) is 37.6 Å². The smallest absolute Gasteiger partial charge is 0.336 e. The molecule has 0 aliphatic carbocycles. The van der Waals surface area contributed by atoms with E-state index in [0.29, 0.717) is 6.54 Å². The van der Waals surface area contributed by atoms with Crippen LogP contribution in [0, 0.1) is 11.6 Å². The highest BCUT2D eigenvalue weighted by atomic mass is 19.1. The molecule has 0 atom stereocenters. The number of nitrogens with one attached hydrogen (secondary N) is 1. The summed E-state index contributed by atoms with van der Waals surface area (Å²) < 4.78 is 32.5. The Bertz CT molecular complexity index is 1300. The van der Waals surface area contributed by atoms with Gasteiger partial charge in [-0.3, -0.25) is 0 Å². The molecule has 2 aromatic heterocycles. The molecule has 0 radical (unpaired) electrons. The molecule has 0 saturated carbocycles. The Morgan fingerprint density at radius 3 is 2.53 bits per heavy atom. The number of fused-ring (bicyclic) bond motifs is 1. The van der Waals surface area contributed by atoms with Gasteiger partial charge in [-0.05, 0) is 42.8 Å². The number of nitrogens with zero attached hydrogens (tertiary/aromatic N) is 4. The van der Waals surface area contributed by atoms with Crippen LogP contribution in [0.2, 0.25) is 0 Å². The Hall–Kier alpha value is -4.21. The van der Waals surface area contributed by atoms with Crippen molar-refractivity contribution in [2.45, 2.75) is 13.5 Å². The van der Waals surface area contributed by atoms with E-state index in [2.05, 4.69) is 25.3 Å². The molecule has 162 valence electrons. The Kier molecular flexibility index (Phi) is 5.84. The van der Waals surface area contributed by atoms with Gasteiger partial charge in [-0.25, -0.2) is 23.5 Å². The van der Waals surface area contributed by atoms with Gasteiger partial charge in [0.15, 0.2) is 11.2 Å². The average molecular weight is 437 g/mol. The first-order valence-electron chi connectivity index (χ1n) is 9.63. The molecule has 0 fully saturated rings. The average Bonchev–Trinajstić information content (AvgIpc) is 2.78. The quantitative estimate of drug-likeness (QED) is 0.445. The lowest BCUT2D eigenvalue weighted by Gasteiger charge is -2.11. The molecule has 4 aromatic rings. The van der Waals surface area contributed by atoms with Gasteiger partial charge < -0.3 is 15.2 Å². The number of benzene rings is 2. The molecule has 0 saturated heterocycles. The van der Waals surface area contributed by atoms with Gasteiger partial charge in [0.05, 0.1) is 24.1 Å². The van der Waals surface area contributed by atoms with E-state index in [4.69, 9.17) is 4.74 Å². The standard InChI is InChI=1S/C22H17F2N5O3/c1-2-32-20-18-19(28-22(29-20)26-10-12-3-5-13(23)6-4-12)25-11-17(27-18)16-9-14(24)7-8-15(16)21(30)31/h3-9,11H,2,10H2,1H3,(H,30,31)(H,25,26,28,29). The zero-order valence-electron chi connectivity index (χ0n) is 16.8. The van der Waals surface area contributed by atoms with E-state index in [9.17, 15) is 18.7 Å². The third kappa shape index (κ3) is 4.43. The summed E-state index contributed by atoms with van der Waals surface area (Å²) in [6.45, 7) is 2.40. The molecule has 0 aliphatic heterocycles. The highest BCUT2D eigenvalue weighted by Crippen LogP contribution is 2.27. The molecule has 2 aromatic carbocycles. The van der Waals surface area contributed by atoms with Crippen LogP contribution in [0.5, 0.6) is 5.88 Å². The molecule has 0 amide bonds. The van der Waals surface area contributed by atoms with Gasteiger partial charge >= 0.3 is 5.97 Å². The molecule has 8 nitrogen and oxygen atoms in total. The van der Waals surface area contributed by atoms with Crippen LogP contribution in [0.25, 0.3) is 22.4 Å². The fourth-order valence-corrected chi connectivity index (χ4v) is 3.03. The highest BCUT2D eigenvalue weighted by Gasteiger charge is 2.18. The highest BCUT2D eigenvalue weighted by molar-refractivity contribution is 5.96. The van der Waals surface area contributed by atoms with Gasteiger partial charge in [0.1, 0.15) is 11.6 Å². The van der Waals surface area contributed by atoms with Crippen molar-refractivity contribution in [3.63, 3.8) is 0 Å². The van der Waals surface area contributed by atoms with Crippen LogP contribution in [0.4, 0.5) is 14.7 Å². The molecule has 2 heterocycles. The van der Waals surface area contributed by atoms with Crippen molar-refractivity contribution in [1.82, 2.24) is 19.9 Å². The molecule has 32 heavy (non-hydrogen) atoms. The Morgan fingerprint density at radius 2 is 1.81 bits per heavy atom. The maximum atomic E-state index is 13.8. The van der Waals surface area contributed by atoms with Crippen molar-refractivity contribution in [3.8, 4) is 17.1 Å². The van der Waals surface area contributed by atoms with Crippen LogP contribution in [0.15, 0.2) is 48.7 Å². The summed E-state index contributed by atoms with van der Waals surface area (Å²) >= 11 is 0. The van der Waals surface area contributed by atoms with E-state index >= 15 is 0 Å². The van der Waals surface area contributed by atoms with Gasteiger partial charge in [0.2, 0.25) is 11.8 Å². The van der Waals surface area contributed by atoms with Gasteiger partial charge in [-0.1, -0.05) is 12.1 Å². The van der Waals surface area contributed by atoms with Crippen LogP contribution >= 0.6 is 0 Å². The second-order valence-corrected chi connectivity index (χ2v) is 6.69. The maximum Gasteiger partial charge on any atom is 0.336 e. The number of carboxylic acids is 1. The summed E-state index contributed by atoms with van der Waals surface area (Å²) in [4.78, 5) is 28.8. The summed E-state index contributed by atoms with van der Waals surface area (Å²) in [5, 5.41) is 12.5. The fraction of sp³-hybridized carbons (Fsp3) is 0.136. The monoisotopic (exact) mass is 437 g/mol. The predicted octanol–water partition coefficient (Wildman–Crippen LogP) is 4.07. The number of hydrogen-bond donors (Lipinski definition) is 2. The topological polar surface area (TPSA) is 110 Å². The summed E-state index contributed by atoms with van der Waals surface area (Å²) in [7, 11) is 0. The van der Waals surface area contributed by atoms with Crippen LogP contribution in [0.3, 0.4) is 0 Å². The summed E-state index contributed by atoms with van der Waals surface area (Å²) in [6, 6.07) is 9.30. The number of ether oxygens (including phenoxy) is 1. The molecule has 0 bridgehead atoms. The lowest BCUT2D eigenvalue weighted by molar-refractivity contribution is 0.0697. The van der Waals surface area contributed by atoms with Crippen molar-refractivity contribution in [1.29, 1.82) is 0 Å².